The molecule has 0 spiro atoms. The van der Waals surface area contributed by atoms with Crippen LogP contribution in [-0.4, -0.2) is 26.0 Å². The molecule has 3 rings (SSSR count). The Morgan fingerprint density at radius 1 is 1.24 bits per heavy atom. The van der Waals surface area contributed by atoms with Gasteiger partial charge in [-0.2, -0.15) is 0 Å². The van der Waals surface area contributed by atoms with Gasteiger partial charge in [0.15, 0.2) is 5.58 Å². The van der Waals surface area contributed by atoms with Gasteiger partial charge in [-0.15, -0.1) is 0 Å². The van der Waals surface area contributed by atoms with E-state index >= 15 is 0 Å². The number of primary sulfonamides is 1. The summed E-state index contributed by atoms with van der Waals surface area (Å²) in [6, 6.07) is 10.9. The number of hydrogen-bond acceptors (Lipinski definition) is 5. The van der Waals surface area contributed by atoms with Crippen LogP contribution in [0.2, 0.25) is 0 Å². The summed E-state index contributed by atoms with van der Waals surface area (Å²) in [5.74, 6) is -1.19. The summed E-state index contributed by atoms with van der Waals surface area (Å²) in [6.07, 6.45) is 2.44. The maximum absolute atomic E-state index is 10.8. The molecule has 0 aliphatic rings. The Morgan fingerprint density at radius 3 is 2.52 bits per heavy atom. The van der Waals surface area contributed by atoms with Gasteiger partial charge in [-0.25, -0.2) is 18.4 Å². The highest BCUT2D eigenvalue weighted by atomic mass is 32.2. The average Bonchev–Trinajstić information content (AvgIpc) is 3.18. The first-order valence-electron chi connectivity index (χ1n) is 7.73. The summed E-state index contributed by atoms with van der Waals surface area (Å²) in [5.41, 5.74) is 2.97. The monoisotopic (exact) mass is 364 g/mol. The molecule has 1 aromatic carbocycles. The fourth-order valence-corrected chi connectivity index (χ4v) is 2.69. The minimum atomic E-state index is -3.82. The van der Waals surface area contributed by atoms with E-state index in [1.165, 1.54) is 31.0 Å². The lowest BCUT2D eigenvalue weighted by Crippen LogP contribution is -2.12. The molecule has 2 aromatic heterocycles. The summed E-state index contributed by atoms with van der Waals surface area (Å²) in [7, 11) is -3.82. The predicted molar refractivity (Wildman–Crippen MR) is 95.6 cm³/mol. The van der Waals surface area contributed by atoms with Crippen molar-refractivity contribution in [2.24, 2.45) is 5.14 Å². The third-order valence-electron chi connectivity index (χ3n) is 3.43. The predicted octanol–water partition coefficient (Wildman–Crippen LogP) is 3.11. The molecule has 134 valence electrons. The Kier molecular flexibility index (Phi) is 6.00. The lowest BCUT2D eigenvalue weighted by atomic mass is 10.2. The van der Waals surface area contributed by atoms with Crippen LogP contribution in [0.25, 0.3) is 11.2 Å². The number of fused-ring (bicyclic) bond motifs is 2. The van der Waals surface area contributed by atoms with Crippen LogP contribution < -0.4 is 10.5 Å². The Labute approximate surface area is 145 Å². The van der Waals surface area contributed by atoms with Gasteiger partial charge in [0.1, 0.15) is 5.58 Å². The van der Waals surface area contributed by atoms with Gasteiger partial charge >= 0.3 is 5.97 Å². The smallest absolute Gasteiger partial charge is 0.335 e. The van der Waals surface area contributed by atoms with Crippen molar-refractivity contribution in [2.45, 2.75) is 24.7 Å². The largest absolute Gasteiger partial charge is 0.478 e. The van der Waals surface area contributed by atoms with Gasteiger partial charge in [-0.1, -0.05) is 19.4 Å². The molecule has 0 saturated carbocycles. The minimum Gasteiger partial charge on any atom is -0.478 e. The average molecular weight is 364 g/mol. The molecule has 7 nitrogen and oxygen atoms in total. The first-order valence-corrected chi connectivity index (χ1v) is 9.28. The third kappa shape index (κ3) is 5.20. The lowest BCUT2D eigenvalue weighted by molar-refractivity contribution is 0.0696. The number of unbranched alkanes of at least 4 members (excludes halogenated alkanes) is 1. The molecule has 4 N–H and O–H groups in total. The number of carboxylic acids is 1. The first kappa shape index (κ1) is 18.8. The second-order valence-electron chi connectivity index (χ2n) is 5.42. The molecular formula is C17H20N2O5S. The number of rotatable bonds is 6. The van der Waals surface area contributed by atoms with Crippen LogP contribution in [0.3, 0.4) is 0 Å². The number of carboxylic acid groups (broad SMARTS) is 1. The van der Waals surface area contributed by atoms with Crippen molar-refractivity contribution < 1.29 is 22.7 Å². The van der Waals surface area contributed by atoms with Crippen LogP contribution >= 0.6 is 0 Å². The standard InChI is InChI=1S/C10H13NO.C7H7NO4S/c1-2-3-6-11-9-7-8-4-5-10(9)12-8;8-13(11,12)6-3-1-2-5(4-6)7(9)10/h4-5,7,11H,2-3,6H2,1H3;1-4H,(H,9,10)(H2,8,11,12). The highest BCUT2D eigenvalue weighted by molar-refractivity contribution is 7.89. The Bertz CT molecular complexity index is 933. The number of furan rings is 2. The molecule has 0 unspecified atom stereocenters. The molecule has 0 aliphatic carbocycles. The van der Waals surface area contributed by atoms with E-state index in [2.05, 4.69) is 12.2 Å². The van der Waals surface area contributed by atoms with Crippen LogP contribution in [0, 0.1) is 0 Å². The van der Waals surface area contributed by atoms with E-state index < -0.39 is 16.0 Å². The van der Waals surface area contributed by atoms with Crippen LogP contribution in [0.15, 0.2) is 51.8 Å². The zero-order valence-electron chi connectivity index (χ0n) is 13.7. The number of carbonyl (C=O) groups is 1. The number of aromatic carboxylic acids is 1. The van der Waals surface area contributed by atoms with Crippen molar-refractivity contribution in [3.05, 3.63) is 48.0 Å². The first-order chi connectivity index (χ1) is 11.8. The van der Waals surface area contributed by atoms with Crippen molar-refractivity contribution in [3.63, 3.8) is 0 Å². The third-order valence-corrected chi connectivity index (χ3v) is 4.35. The highest BCUT2D eigenvalue weighted by Gasteiger charge is 2.10. The number of hydrogen-bond donors (Lipinski definition) is 3. The van der Waals surface area contributed by atoms with E-state index in [0.29, 0.717) is 0 Å². The maximum Gasteiger partial charge on any atom is 0.335 e. The van der Waals surface area contributed by atoms with Crippen molar-refractivity contribution in [2.75, 3.05) is 11.9 Å². The van der Waals surface area contributed by atoms with Gasteiger partial charge in [-0.3, -0.25) is 0 Å². The number of sulfonamides is 1. The molecule has 0 aliphatic heterocycles. The summed E-state index contributed by atoms with van der Waals surface area (Å²) >= 11 is 0. The summed E-state index contributed by atoms with van der Waals surface area (Å²) < 4.78 is 27.0. The lowest BCUT2D eigenvalue weighted by Gasteiger charge is -2.01. The molecule has 2 bridgehead atoms. The van der Waals surface area contributed by atoms with Crippen LogP contribution in [0.5, 0.6) is 0 Å². The molecule has 8 heteroatoms. The molecular weight excluding hydrogens is 344 g/mol. The van der Waals surface area contributed by atoms with Crippen LogP contribution in [0.1, 0.15) is 30.1 Å². The summed E-state index contributed by atoms with van der Waals surface area (Å²) in [4.78, 5) is 10.2. The SMILES string of the molecule is CCCCNc1cc2ccc1o2.NS(=O)(=O)c1cccc(C(=O)O)c1. The normalized spacial score (nSPS) is 11.1. The van der Waals surface area contributed by atoms with E-state index in [1.807, 2.05) is 18.2 Å². The zero-order chi connectivity index (χ0) is 18.4. The summed E-state index contributed by atoms with van der Waals surface area (Å²) in [5, 5.41) is 16.7. The van der Waals surface area contributed by atoms with Gasteiger partial charge in [0.25, 0.3) is 0 Å². The Hall–Kier alpha value is -2.58. The number of nitrogens with one attached hydrogen (secondary N) is 1. The van der Waals surface area contributed by atoms with E-state index in [-0.39, 0.29) is 10.5 Å². The van der Waals surface area contributed by atoms with Crippen molar-refractivity contribution >= 4 is 32.8 Å². The Morgan fingerprint density at radius 2 is 2.00 bits per heavy atom. The quantitative estimate of drug-likeness (QED) is 0.578. The van der Waals surface area contributed by atoms with E-state index in [9.17, 15) is 13.2 Å². The number of benzene rings is 2. The maximum atomic E-state index is 10.8. The van der Waals surface area contributed by atoms with Crippen molar-refractivity contribution in [1.29, 1.82) is 0 Å². The van der Waals surface area contributed by atoms with Gasteiger partial charge in [0.2, 0.25) is 10.0 Å². The van der Waals surface area contributed by atoms with Crippen molar-refractivity contribution in [1.82, 2.24) is 0 Å². The fraction of sp³-hybridized carbons (Fsp3) is 0.235. The second kappa shape index (κ2) is 8.00. The molecule has 2 heterocycles. The van der Waals surface area contributed by atoms with E-state index in [1.54, 1.807) is 0 Å². The van der Waals surface area contributed by atoms with Gasteiger partial charge < -0.3 is 14.8 Å². The number of anilines is 1. The number of nitrogens with two attached hydrogens (primary N) is 1. The molecule has 25 heavy (non-hydrogen) atoms. The molecule has 0 amide bonds. The van der Waals surface area contributed by atoms with Gasteiger partial charge in [0.05, 0.1) is 16.1 Å². The van der Waals surface area contributed by atoms with Gasteiger partial charge in [0, 0.05) is 12.6 Å². The van der Waals surface area contributed by atoms with Gasteiger partial charge in [-0.05, 0) is 36.8 Å². The zero-order valence-corrected chi connectivity index (χ0v) is 14.5. The second-order valence-corrected chi connectivity index (χ2v) is 6.98. The summed E-state index contributed by atoms with van der Waals surface area (Å²) in [6.45, 7) is 3.23. The molecule has 0 saturated heterocycles. The van der Waals surface area contributed by atoms with E-state index in [4.69, 9.17) is 14.7 Å². The van der Waals surface area contributed by atoms with Crippen LogP contribution in [-0.2, 0) is 10.0 Å². The van der Waals surface area contributed by atoms with E-state index in [0.717, 1.165) is 29.5 Å². The minimum absolute atomic E-state index is 0.105. The van der Waals surface area contributed by atoms with Crippen LogP contribution in [0.4, 0.5) is 5.69 Å². The Balaban J connectivity index is 0.000000181. The molecule has 0 fully saturated rings. The van der Waals surface area contributed by atoms with Crippen molar-refractivity contribution in [3.8, 4) is 0 Å². The molecule has 3 aromatic rings. The molecule has 0 atom stereocenters. The fourth-order valence-electron chi connectivity index (χ4n) is 2.13. The highest BCUT2D eigenvalue weighted by Crippen LogP contribution is 2.26. The molecule has 0 radical (unpaired) electrons. The topological polar surface area (TPSA) is 123 Å².